The third kappa shape index (κ3) is 2.80. The van der Waals surface area contributed by atoms with Crippen LogP contribution >= 0.6 is 0 Å². The van der Waals surface area contributed by atoms with Crippen LogP contribution in [0.4, 0.5) is 11.4 Å². The topological polar surface area (TPSA) is 29.3 Å². The van der Waals surface area contributed by atoms with Crippen LogP contribution in [0.25, 0.3) is 0 Å². The maximum atomic E-state index is 6.11. The molecule has 0 atom stereocenters. The van der Waals surface area contributed by atoms with Gasteiger partial charge in [0.25, 0.3) is 0 Å². The van der Waals surface area contributed by atoms with Crippen molar-refractivity contribution >= 4 is 11.4 Å². The lowest BCUT2D eigenvalue weighted by molar-refractivity contribution is 0.222. The minimum Gasteiger partial charge on any atom is -0.397 e. The molecule has 0 unspecified atom stereocenters. The molecule has 1 aliphatic carbocycles. The van der Waals surface area contributed by atoms with Gasteiger partial charge in [-0.2, -0.15) is 0 Å². The molecule has 1 aromatic carbocycles. The molecular weight excluding hydrogens is 220 g/mol. The summed E-state index contributed by atoms with van der Waals surface area (Å²) in [4.78, 5) is 2.39. The van der Waals surface area contributed by atoms with Crippen molar-refractivity contribution < 1.29 is 0 Å². The summed E-state index contributed by atoms with van der Waals surface area (Å²) in [5.74, 6) is 0. The predicted octanol–water partition coefficient (Wildman–Crippen LogP) is 3.98. The van der Waals surface area contributed by atoms with Crippen molar-refractivity contribution in [1.29, 1.82) is 0 Å². The maximum absolute atomic E-state index is 6.11. The Labute approximate surface area is 111 Å². The zero-order valence-electron chi connectivity index (χ0n) is 12.2. The fourth-order valence-electron chi connectivity index (χ4n) is 2.93. The van der Waals surface area contributed by atoms with Gasteiger partial charge in [0.1, 0.15) is 0 Å². The van der Waals surface area contributed by atoms with Crippen molar-refractivity contribution in [3.05, 3.63) is 23.8 Å². The molecule has 2 nitrogen and oxygen atoms in total. The first-order valence-corrected chi connectivity index (χ1v) is 6.98. The molecule has 0 radical (unpaired) electrons. The smallest absolute Gasteiger partial charge is 0.0602 e. The summed E-state index contributed by atoms with van der Waals surface area (Å²) >= 11 is 0. The summed E-state index contributed by atoms with van der Waals surface area (Å²) in [5, 5.41) is 0. The van der Waals surface area contributed by atoms with Gasteiger partial charge in [-0.15, -0.1) is 0 Å². The number of benzene rings is 1. The van der Waals surface area contributed by atoms with E-state index in [2.05, 4.69) is 44.9 Å². The molecule has 1 aromatic rings. The van der Waals surface area contributed by atoms with E-state index in [1.807, 2.05) is 6.07 Å². The summed E-state index contributed by atoms with van der Waals surface area (Å²) in [6.07, 6.45) is 5.18. The average molecular weight is 246 g/mol. The highest BCUT2D eigenvalue weighted by molar-refractivity contribution is 5.68. The lowest BCUT2D eigenvalue weighted by atomic mass is 9.75. The zero-order valence-corrected chi connectivity index (χ0v) is 12.2. The number of rotatable bonds is 2. The summed E-state index contributed by atoms with van der Waals surface area (Å²) < 4.78 is 0. The van der Waals surface area contributed by atoms with Crippen LogP contribution in [0.2, 0.25) is 0 Å². The Hall–Kier alpha value is -1.18. The predicted molar refractivity (Wildman–Crippen MR) is 80.0 cm³/mol. The first-order chi connectivity index (χ1) is 8.39. The van der Waals surface area contributed by atoms with Crippen LogP contribution in [0.5, 0.6) is 0 Å². The monoisotopic (exact) mass is 246 g/mol. The largest absolute Gasteiger partial charge is 0.397 e. The van der Waals surface area contributed by atoms with Crippen LogP contribution in [0.15, 0.2) is 18.2 Å². The molecule has 0 spiro atoms. The lowest BCUT2D eigenvalue weighted by Crippen LogP contribution is -2.37. The van der Waals surface area contributed by atoms with Crippen molar-refractivity contribution in [2.45, 2.75) is 52.5 Å². The molecule has 0 aromatic heterocycles. The van der Waals surface area contributed by atoms with E-state index >= 15 is 0 Å². The third-order valence-corrected chi connectivity index (χ3v) is 4.42. The van der Waals surface area contributed by atoms with Crippen molar-refractivity contribution in [1.82, 2.24) is 0 Å². The van der Waals surface area contributed by atoms with Gasteiger partial charge in [0.15, 0.2) is 0 Å². The van der Waals surface area contributed by atoms with Gasteiger partial charge in [-0.1, -0.05) is 19.9 Å². The molecule has 0 amide bonds. The highest BCUT2D eigenvalue weighted by atomic mass is 15.1. The van der Waals surface area contributed by atoms with Gasteiger partial charge in [-0.3, -0.25) is 0 Å². The minimum atomic E-state index is 0.523. The second-order valence-electron chi connectivity index (χ2n) is 6.57. The number of nitrogen functional groups attached to an aromatic ring is 1. The van der Waals surface area contributed by atoms with Gasteiger partial charge in [0.05, 0.1) is 11.4 Å². The molecular formula is C16H26N2. The van der Waals surface area contributed by atoms with Gasteiger partial charge in [0.2, 0.25) is 0 Å². The Kier molecular flexibility index (Phi) is 3.56. The Morgan fingerprint density at radius 2 is 1.83 bits per heavy atom. The van der Waals surface area contributed by atoms with E-state index in [1.54, 1.807) is 0 Å². The van der Waals surface area contributed by atoms with E-state index in [0.717, 1.165) is 5.69 Å². The summed E-state index contributed by atoms with van der Waals surface area (Å²) in [5.41, 5.74) is 10.0. The molecule has 0 saturated heterocycles. The van der Waals surface area contributed by atoms with E-state index in [0.29, 0.717) is 11.5 Å². The van der Waals surface area contributed by atoms with Crippen LogP contribution < -0.4 is 10.6 Å². The van der Waals surface area contributed by atoms with Crippen LogP contribution in [-0.2, 0) is 0 Å². The Bertz CT molecular complexity index is 413. The van der Waals surface area contributed by atoms with E-state index in [9.17, 15) is 0 Å². The first kappa shape index (κ1) is 13.3. The van der Waals surface area contributed by atoms with Crippen molar-refractivity contribution in [2.24, 2.45) is 5.41 Å². The molecule has 1 saturated carbocycles. The molecule has 1 fully saturated rings. The fourth-order valence-corrected chi connectivity index (χ4v) is 2.93. The van der Waals surface area contributed by atoms with Gasteiger partial charge >= 0.3 is 0 Å². The molecule has 2 heteroatoms. The molecule has 100 valence electrons. The average Bonchev–Trinajstić information content (AvgIpc) is 2.31. The summed E-state index contributed by atoms with van der Waals surface area (Å²) in [6.45, 7) is 6.88. The Morgan fingerprint density at radius 3 is 2.44 bits per heavy atom. The number of aryl methyl sites for hydroxylation is 1. The quantitative estimate of drug-likeness (QED) is 0.800. The molecule has 0 heterocycles. The summed E-state index contributed by atoms with van der Waals surface area (Å²) in [6, 6.07) is 6.95. The molecule has 2 rings (SSSR count). The van der Waals surface area contributed by atoms with Crippen LogP contribution in [0.1, 0.15) is 45.1 Å². The van der Waals surface area contributed by atoms with Crippen LogP contribution in [-0.4, -0.2) is 13.1 Å². The molecule has 2 N–H and O–H groups in total. The number of nitrogens with zero attached hydrogens (tertiary/aromatic N) is 1. The van der Waals surface area contributed by atoms with Crippen molar-refractivity contribution in [3.63, 3.8) is 0 Å². The van der Waals surface area contributed by atoms with Gasteiger partial charge < -0.3 is 10.6 Å². The van der Waals surface area contributed by atoms with E-state index < -0.39 is 0 Å². The van der Waals surface area contributed by atoms with Crippen LogP contribution in [0.3, 0.4) is 0 Å². The second-order valence-corrected chi connectivity index (χ2v) is 6.57. The van der Waals surface area contributed by atoms with Gasteiger partial charge in [-0.25, -0.2) is 0 Å². The van der Waals surface area contributed by atoms with E-state index in [1.165, 1.54) is 36.9 Å². The lowest BCUT2D eigenvalue weighted by Gasteiger charge is -2.40. The van der Waals surface area contributed by atoms with E-state index in [-0.39, 0.29) is 0 Å². The highest BCUT2D eigenvalue weighted by Crippen LogP contribution is 2.38. The maximum Gasteiger partial charge on any atom is 0.0602 e. The zero-order chi connectivity index (χ0) is 13.3. The van der Waals surface area contributed by atoms with Gasteiger partial charge in [0, 0.05) is 13.1 Å². The summed E-state index contributed by atoms with van der Waals surface area (Å²) in [7, 11) is 2.19. The van der Waals surface area contributed by atoms with Gasteiger partial charge in [-0.05, 0) is 55.7 Å². The number of hydrogen-bond acceptors (Lipinski definition) is 2. The molecule has 18 heavy (non-hydrogen) atoms. The third-order valence-electron chi connectivity index (χ3n) is 4.42. The number of hydrogen-bond donors (Lipinski definition) is 1. The van der Waals surface area contributed by atoms with Crippen molar-refractivity contribution in [2.75, 3.05) is 17.7 Å². The SMILES string of the molecule is Cc1ccc(N)c(N(C)C2CCC(C)(C)CC2)c1. The molecule has 1 aliphatic rings. The second kappa shape index (κ2) is 4.83. The minimum absolute atomic E-state index is 0.523. The van der Waals surface area contributed by atoms with Crippen LogP contribution in [0, 0.1) is 12.3 Å². The number of anilines is 2. The first-order valence-electron chi connectivity index (χ1n) is 6.98. The standard InChI is InChI=1S/C16H26N2/c1-12-5-6-14(17)15(11-12)18(4)13-7-9-16(2,3)10-8-13/h5-6,11,13H,7-10,17H2,1-4H3. The normalized spacial score (nSPS) is 19.8. The molecule has 0 aliphatic heterocycles. The molecule has 0 bridgehead atoms. The van der Waals surface area contributed by atoms with Crippen molar-refractivity contribution in [3.8, 4) is 0 Å². The Morgan fingerprint density at radius 1 is 1.22 bits per heavy atom. The fraction of sp³-hybridized carbons (Fsp3) is 0.625. The highest BCUT2D eigenvalue weighted by Gasteiger charge is 2.29. The van der Waals surface area contributed by atoms with E-state index in [4.69, 9.17) is 5.73 Å². The number of nitrogens with two attached hydrogens (primary N) is 1. The Balaban J connectivity index is 2.12.